The van der Waals surface area contributed by atoms with E-state index in [1.54, 1.807) is 14.2 Å². The van der Waals surface area contributed by atoms with Gasteiger partial charge in [-0.1, -0.05) is 72.5 Å². The van der Waals surface area contributed by atoms with Gasteiger partial charge >= 0.3 is 11.9 Å². The molecule has 0 saturated heterocycles. The van der Waals surface area contributed by atoms with Crippen molar-refractivity contribution in [2.75, 3.05) is 27.4 Å². The van der Waals surface area contributed by atoms with Crippen molar-refractivity contribution in [3.63, 3.8) is 0 Å². The Labute approximate surface area is 262 Å². The fourth-order valence-electron chi connectivity index (χ4n) is 10.2. The number of rotatable bonds is 14. The van der Waals surface area contributed by atoms with Gasteiger partial charge < -0.3 is 18.9 Å². The van der Waals surface area contributed by atoms with Crippen LogP contribution < -0.4 is 0 Å². The number of ether oxygens (including phenoxy) is 4. The highest BCUT2D eigenvalue weighted by molar-refractivity contribution is 5.77. The van der Waals surface area contributed by atoms with Gasteiger partial charge in [0.2, 0.25) is 0 Å². The number of carbonyl (C=O) groups is 2. The van der Waals surface area contributed by atoms with Gasteiger partial charge in [0.1, 0.15) is 18.8 Å². The standard InChI is InChI=1S/C37H62O6/c1-24(2)10-9-11-25(3)30-12-13-31-35-26(4)20-27-21-28(16-18-36(27,5)32(35)17-19-37(30,31)6)43-34(39)15-14-33(38)42-23-29(41-8)22-40-7/h20,24-26,28-32,35H,9-19,21-23H2,1-8H3/t25-,26-,28+,29?,30-,31?,32?,35?,36+,37-/m1/s1. The molecule has 0 heterocycles. The summed E-state index contributed by atoms with van der Waals surface area (Å²) in [6.07, 6.45) is 14.8. The molecule has 0 N–H and O–H groups in total. The summed E-state index contributed by atoms with van der Waals surface area (Å²) in [5.74, 6) is 4.70. The van der Waals surface area contributed by atoms with E-state index in [0.29, 0.717) is 17.9 Å². The van der Waals surface area contributed by atoms with E-state index in [4.69, 9.17) is 18.9 Å². The minimum Gasteiger partial charge on any atom is -0.463 e. The molecule has 246 valence electrons. The van der Waals surface area contributed by atoms with Crippen molar-refractivity contribution in [2.24, 2.45) is 52.3 Å². The quantitative estimate of drug-likeness (QED) is 0.148. The van der Waals surface area contributed by atoms with Crippen LogP contribution in [-0.4, -0.2) is 51.6 Å². The normalized spacial score (nSPS) is 36.6. The lowest BCUT2D eigenvalue weighted by atomic mass is 9.45. The summed E-state index contributed by atoms with van der Waals surface area (Å²) < 4.78 is 21.5. The highest BCUT2D eigenvalue weighted by Gasteiger charge is 2.60. The first-order chi connectivity index (χ1) is 20.4. The van der Waals surface area contributed by atoms with E-state index >= 15 is 0 Å². The summed E-state index contributed by atoms with van der Waals surface area (Å²) in [6.45, 7) is 15.4. The van der Waals surface area contributed by atoms with Crippen molar-refractivity contribution >= 4 is 11.9 Å². The van der Waals surface area contributed by atoms with Gasteiger partial charge in [-0.25, -0.2) is 0 Å². The fourth-order valence-corrected chi connectivity index (χ4v) is 10.2. The van der Waals surface area contributed by atoms with E-state index in [9.17, 15) is 9.59 Å². The van der Waals surface area contributed by atoms with Crippen molar-refractivity contribution in [3.05, 3.63) is 11.6 Å². The predicted molar refractivity (Wildman–Crippen MR) is 170 cm³/mol. The largest absolute Gasteiger partial charge is 0.463 e. The molecule has 10 atom stereocenters. The van der Waals surface area contributed by atoms with Gasteiger partial charge in [-0.05, 0) is 90.8 Å². The van der Waals surface area contributed by atoms with Crippen LogP contribution in [0.5, 0.6) is 0 Å². The lowest BCUT2D eigenvalue weighted by Crippen LogP contribution is -2.53. The Kier molecular flexibility index (Phi) is 11.9. The molecular formula is C37H62O6. The second-order valence-electron chi connectivity index (χ2n) is 15.6. The van der Waals surface area contributed by atoms with Gasteiger partial charge in [-0.2, -0.15) is 0 Å². The van der Waals surface area contributed by atoms with E-state index in [2.05, 4.69) is 47.6 Å². The summed E-state index contributed by atoms with van der Waals surface area (Å²) in [6, 6.07) is 0. The van der Waals surface area contributed by atoms with Crippen LogP contribution in [0, 0.1) is 52.3 Å². The molecule has 0 aromatic carbocycles. The molecule has 3 saturated carbocycles. The maximum Gasteiger partial charge on any atom is 0.306 e. The minimum atomic E-state index is -0.412. The van der Waals surface area contributed by atoms with Crippen LogP contribution in [0.1, 0.15) is 119 Å². The third-order valence-corrected chi connectivity index (χ3v) is 12.5. The first kappa shape index (κ1) is 34.5. The molecule has 0 aliphatic heterocycles. The van der Waals surface area contributed by atoms with Gasteiger partial charge in [0, 0.05) is 20.6 Å². The summed E-state index contributed by atoms with van der Waals surface area (Å²) in [5, 5.41) is 0. The van der Waals surface area contributed by atoms with Crippen LogP contribution in [0.2, 0.25) is 0 Å². The zero-order valence-corrected chi connectivity index (χ0v) is 28.6. The molecule has 0 aromatic heterocycles. The molecular weight excluding hydrogens is 540 g/mol. The molecule has 6 nitrogen and oxygen atoms in total. The monoisotopic (exact) mass is 602 g/mol. The van der Waals surface area contributed by atoms with Crippen LogP contribution in [0.3, 0.4) is 0 Å². The molecule has 4 unspecified atom stereocenters. The summed E-state index contributed by atoms with van der Waals surface area (Å²) in [5.41, 5.74) is 2.22. The van der Waals surface area contributed by atoms with Gasteiger partial charge in [0.15, 0.2) is 0 Å². The first-order valence-electron chi connectivity index (χ1n) is 17.5. The van der Waals surface area contributed by atoms with E-state index in [1.807, 2.05) is 0 Å². The molecule has 6 heteroatoms. The maximum atomic E-state index is 12.7. The summed E-state index contributed by atoms with van der Waals surface area (Å²) >= 11 is 0. The molecule has 0 aromatic rings. The second kappa shape index (κ2) is 14.8. The van der Waals surface area contributed by atoms with Gasteiger partial charge in [-0.15, -0.1) is 0 Å². The molecule has 0 radical (unpaired) electrons. The van der Waals surface area contributed by atoms with Gasteiger partial charge in [0.05, 0.1) is 19.4 Å². The van der Waals surface area contributed by atoms with Gasteiger partial charge in [0.25, 0.3) is 0 Å². The number of allylic oxidation sites excluding steroid dienone is 1. The molecule has 0 bridgehead atoms. The Bertz CT molecular complexity index is 974. The Morgan fingerprint density at radius 3 is 2.37 bits per heavy atom. The predicted octanol–water partition coefficient (Wildman–Crippen LogP) is 8.17. The molecule has 0 spiro atoms. The smallest absolute Gasteiger partial charge is 0.306 e. The van der Waals surface area contributed by atoms with Crippen molar-refractivity contribution in [2.45, 2.75) is 131 Å². The van der Waals surface area contributed by atoms with Crippen LogP contribution in [0.4, 0.5) is 0 Å². The molecule has 4 aliphatic carbocycles. The number of hydrogen-bond donors (Lipinski definition) is 0. The number of esters is 2. The molecule has 43 heavy (non-hydrogen) atoms. The molecule has 4 rings (SSSR count). The highest BCUT2D eigenvalue weighted by atomic mass is 16.6. The average Bonchev–Trinajstić information content (AvgIpc) is 3.32. The van der Waals surface area contributed by atoms with E-state index < -0.39 is 5.97 Å². The Hall–Kier alpha value is -1.40. The maximum absolute atomic E-state index is 12.7. The third-order valence-electron chi connectivity index (χ3n) is 12.5. The Balaban J connectivity index is 1.32. The van der Waals surface area contributed by atoms with Crippen molar-refractivity contribution < 1.29 is 28.5 Å². The lowest BCUT2D eigenvalue weighted by Gasteiger charge is -2.60. The van der Waals surface area contributed by atoms with Crippen LogP contribution in [0.15, 0.2) is 11.6 Å². The molecule has 4 aliphatic rings. The average molecular weight is 603 g/mol. The Morgan fingerprint density at radius 1 is 0.930 bits per heavy atom. The number of fused-ring (bicyclic) bond motifs is 5. The van der Waals surface area contributed by atoms with E-state index in [-0.39, 0.29) is 43.0 Å². The summed E-state index contributed by atoms with van der Waals surface area (Å²) in [7, 11) is 3.13. The Morgan fingerprint density at radius 2 is 1.67 bits per heavy atom. The first-order valence-corrected chi connectivity index (χ1v) is 17.5. The van der Waals surface area contributed by atoms with Crippen molar-refractivity contribution in [1.82, 2.24) is 0 Å². The lowest BCUT2D eigenvalue weighted by molar-refractivity contribution is -0.157. The van der Waals surface area contributed by atoms with E-state index in [1.165, 1.54) is 50.5 Å². The van der Waals surface area contributed by atoms with Gasteiger partial charge in [-0.3, -0.25) is 9.59 Å². The topological polar surface area (TPSA) is 71.1 Å². The number of hydrogen-bond acceptors (Lipinski definition) is 6. The van der Waals surface area contributed by atoms with Crippen LogP contribution in [0.25, 0.3) is 0 Å². The molecule has 0 amide bonds. The minimum absolute atomic E-state index is 0.0215. The van der Waals surface area contributed by atoms with E-state index in [0.717, 1.165) is 54.8 Å². The fraction of sp³-hybridized carbons (Fsp3) is 0.892. The second-order valence-corrected chi connectivity index (χ2v) is 15.6. The van der Waals surface area contributed by atoms with Crippen LogP contribution >= 0.6 is 0 Å². The SMILES string of the molecule is COCC(COC(=O)CCC(=O)O[C@H]1CC[C@@]2(C)C(=C[C@@H](C)C3C2CC[C@@]2(C)C3CC[C@@H]2[C@H](C)CCCC(C)C)C1)OC. The van der Waals surface area contributed by atoms with Crippen molar-refractivity contribution in [1.29, 1.82) is 0 Å². The number of methoxy groups -OCH3 is 2. The zero-order valence-electron chi connectivity index (χ0n) is 28.6. The van der Waals surface area contributed by atoms with Crippen LogP contribution in [-0.2, 0) is 28.5 Å². The summed E-state index contributed by atoms with van der Waals surface area (Å²) in [4.78, 5) is 24.9. The van der Waals surface area contributed by atoms with Crippen molar-refractivity contribution in [3.8, 4) is 0 Å². The highest BCUT2D eigenvalue weighted by Crippen LogP contribution is 2.68. The third kappa shape index (κ3) is 7.71. The molecule has 3 fully saturated rings. The zero-order chi connectivity index (χ0) is 31.4. The number of carbonyl (C=O) groups excluding carboxylic acids is 2.